The molecule has 0 bridgehead atoms. The van der Waals surface area contributed by atoms with Crippen LogP contribution in [0.5, 0.6) is 5.75 Å². The maximum atomic E-state index is 12.9. The number of rotatable bonds is 5. The Bertz CT molecular complexity index is 1720. The zero-order valence-corrected chi connectivity index (χ0v) is 19.8. The summed E-state index contributed by atoms with van der Waals surface area (Å²) in [7, 11) is 1.52. The van der Waals surface area contributed by atoms with Crippen molar-refractivity contribution in [3.8, 4) is 28.2 Å². The molecular weight excluding hydrogens is 482 g/mol. The van der Waals surface area contributed by atoms with E-state index in [1.165, 1.54) is 19.2 Å². The molecule has 0 aromatic heterocycles. The largest absolute Gasteiger partial charge is 0.506 e. The molecule has 0 fully saturated rings. The minimum absolute atomic E-state index is 0.0534. The third-order valence-electron chi connectivity index (χ3n) is 6.30. The summed E-state index contributed by atoms with van der Waals surface area (Å²) in [6, 6.07) is 16.6. The van der Waals surface area contributed by atoms with Gasteiger partial charge < -0.3 is 19.9 Å². The standard InChI is InChI=1S/C28H20ClNO6/c1-30-22(32)11-10-14-12-19-23(17-8-4-5-9-18(17)28(34)35)24-16-7-3-2-6-15(16)20(31)13-21(24)36-27(19)25(29)26(14)33/h2-9,12-13,33H,10-11H2,1H3,(H,30,32)(H,34,35). The molecule has 0 atom stereocenters. The number of hydrogen-bond donors (Lipinski definition) is 3. The van der Waals surface area contributed by atoms with Gasteiger partial charge in [0.2, 0.25) is 5.91 Å². The molecule has 0 saturated carbocycles. The molecule has 36 heavy (non-hydrogen) atoms. The van der Waals surface area contributed by atoms with Gasteiger partial charge in [0, 0.05) is 41.4 Å². The second-order valence-corrected chi connectivity index (χ2v) is 8.75. The van der Waals surface area contributed by atoms with Crippen LogP contribution in [0.25, 0.3) is 44.2 Å². The fraction of sp³-hybridized carbons (Fsp3) is 0.107. The van der Waals surface area contributed by atoms with Crippen molar-refractivity contribution >= 4 is 45.2 Å². The van der Waals surface area contributed by atoms with E-state index in [-0.39, 0.29) is 51.9 Å². The van der Waals surface area contributed by atoms with Crippen molar-refractivity contribution in [2.45, 2.75) is 12.8 Å². The van der Waals surface area contributed by atoms with E-state index < -0.39 is 5.97 Å². The molecule has 2 aliphatic rings. The van der Waals surface area contributed by atoms with E-state index in [1.54, 1.807) is 48.5 Å². The van der Waals surface area contributed by atoms with Gasteiger partial charge in [0.05, 0.1) is 5.56 Å². The highest BCUT2D eigenvalue weighted by Crippen LogP contribution is 2.48. The van der Waals surface area contributed by atoms with Crippen molar-refractivity contribution < 1.29 is 24.2 Å². The van der Waals surface area contributed by atoms with Gasteiger partial charge in [0.15, 0.2) is 11.0 Å². The number of nitrogens with one attached hydrogen (secondary N) is 1. The van der Waals surface area contributed by atoms with Gasteiger partial charge in [0.25, 0.3) is 0 Å². The highest BCUT2D eigenvalue weighted by Gasteiger charge is 2.27. The molecule has 7 nitrogen and oxygen atoms in total. The van der Waals surface area contributed by atoms with E-state index in [4.69, 9.17) is 16.0 Å². The van der Waals surface area contributed by atoms with Crippen LogP contribution in [0.15, 0.2) is 69.9 Å². The van der Waals surface area contributed by atoms with E-state index in [9.17, 15) is 24.6 Å². The predicted molar refractivity (Wildman–Crippen MR) is 138 cm³/mol. The lowest BCUT2D eigenvalue weighted by Crippen LogP contribution is -2.17. The topological polar surface area (TPSA) is 117 Å². The van der Waals surface area contributed by atoms with Crippen LogP contribution in [0.2, 0.25) is 5.02 Å². The first-order chi connectivity index (χ1) is 17.3. The maximum absolute atomic E-state index is 12.9. The van der Waals surface area contributed by atoms with Crippen LogP contribution < -0.4 is 10.7 Å². The first-order valence-corrected chi connectivity index (χ1v) is 11.6. The third-order valence-corrected chi connectivity index (χ3v) is 6.65. The number of carboxylic acids is 1. The summed E-state index contributed by atoms with van der Waals surface area (Å²) in [6.07, 6.45) is 0.305. The quantitative estimate of drug-likeness (QED) is 0.218. The van der Waals surface area contributed by atoms with E-state index in [0.717, 1.165) is 0 Å². The lowest BCUT2D eigenvalue weighted by atomic mass is 9.87. The number of halogens is 1. The van der Waals surface area contributed by atoms with Crippen molar-refractivity contribution in [2.75, 3.05) is 7.05 Å². The number of hydrogen-bond acceptors (Lipinski definition) is 5. The summed E-state index contributed by atoms with van der Waals surface area (Å²) in [5.74, 6) is -1.36. The van der Waals surface area contributed by atoms with Crippen LogP contribution in [0.1, 0.15) is 22.3 Å². The minimum Gasteiger partial charge on any atom is -0.506 e. The molecule has 1 aliphatic carbocycles. The zero-order chi connectivity index (χ0) is 25.6. The number of fused-ring (bicyclic) bond motifs is 4. The monoisotopic (exact) mass is 501 g/mol. The normalized spacial score (nSPS) is 11.3. The van der Waals surface area contributed by atoms with Crippen molar-refractivity contribution in [1.82, 2.24) is 5.32 Å². The van der Waals surface area contributed by atoms with Crippen molar-refractivity contribution in [3.63, 3.8) is 0 Å². The molecule has 8 heteroatoms. The molecule has 3 aromatic rings. The number of benzene rings is 4. The van der Waals surface area contributed by atoms with Gasteiger partial charge in [-0.15, -0.1) is 0 Å². The summed E-state index contributed by atoms with van der Waals surface area (Å²) >= 11 is 6.56. The predicted octanol–water partition coefficient (Wildman–Crippen LogP) is 5.45. The minimum atomic E-state index is -1.12. The van der Waals surface area contributed by atoms with E-state index >= 15 is 0 Å². The number of carbonyl (C=O) groups is 2. The van der Waals surface area contributed by atoms with Crippen molar-refractivity contribution in [2.24, 2.45) is 0 Å². The SMILES string of the molecule is CNC(=O)CCc1cc2c(-c3ccccc3C(=O)O)c3c4ccccc4c(=O)cc-3oc2c(Cl)c1O. The Hall–Kier alpha value is -4.36. The van der Waals surface area contributed by atoms with Crippen LogP contribution in [0, 0.1) is 0 Å². The summed E-state index contributed by atoms with van der Waals surface area (Å²) in [4.78, 5) is 36.9. The summed E-state index contributed by atoms with van der Waals surface area (Å²) in [6.45, 7) is 0. The number of carbonyl (C=O) groups excluding carboxylic acids is 1. The molecule has 180 valence electrons. The van der Waals surface area contributed by atoms with Crippen molar-refractivity contribution in [3.05, 3.63) is 87.0 Å². The first kappa shape index (κ1) is 23.4. The van der Waals surface area contributed by atoms with Gasteiger partial charge in [0.1, 0.15) is 16.5 Å². The molecule has 0 unspecified atom stereocenters. The third kappa shape index (κ3) is 3.74. The second kappa shape index (κ2) is 9.02. The second-order valence-electron chi connectivity index (χ2n) is 8.37. The first-order valence-electron chi connectivity index (χ1n) is 11.2. The van der Waals surface area contributed by atoms with Crippen LogP contribution in [0.3, 0.4) is 0 Å². The number of carboxylic acid groups (broad SMARTS) is 1. The number of amides is 1. The van der Waals surface area contributed by atoms with Gasteiger partial charge in [-0.05, 0) is 35.1 Å². The van der Waals surface area contributed by atoms with E-state index in [0.29, 0.717) is 38.4 Å². The molecule has 3 aromatic carbocycles. The summed E-state index contributed by atoms with van der Waals surface area (Å²) in [5, 5.41) is 24.7. The molecule has 1 aliphatic heterocycles. The highest BCUT2D eigenvalue weighted by molar-refractivity contribution is 6.37. The number of phenolic OH excluding ortho intramolecular Hbond substituents is 1. The van der Waals surface area contributed by atoms with E-state index in [2.05, 4.69) is 5.32 Å². The smallest absolute Gasteiger partial charge is 0.336 e. The number of phenols is 1. The summed E-state index contributed by atoms with van der Waals surface area (Å²) < 4.78 is 6.09. The van der Waals surface area contributed by atoms with Crippen LogP contribution in [-0.2, 0) is 11.2 Å². The van der Waals surface area contributed by atoms with E-state index in [1.807, 2.05) is 0 Å². The average molecular weight is 502 g/mol. The van der Waals surface area contributed by atoms with Gasteiger partial charge >= 0.3 is 5.97 Å². The lowest BCUT2D eigenvalue weighted by molar-refractivity contribution is -0.120. The molecule has 3 N–H and O–H groups in total. The molecule has 1 amide bonds. The lowest BCUT2D eigenvalue weighted by Gasteiger charge is -2.20. The Balaban J connectivity index is 2.00. The van der Waals surface area contributed by atoms with Gasteiger partial charge in [-0.1, -0.05) is 54.1 Å². The Kier molecular flexibility index (Phi) is 5.86. The van der Waals surface area contributed by atoms with Crippen molar-refractivity contribution in [1.29, 1.82) is 0 Å². The van der Waals surface area contributed by atoms with Crippen LogP contribution in [-0.4, -0.2) is 29.1 Å². The summed E-state index contributed by atoms with van der Waals surface area (Å²) in [5.41, 5.74) is 1.76. The van der Waals surface area contributed by atoms with Gasteiger partial charge in [-0.2, -0.15) is 0 Å². The van der Waals surface area contributed by atoms with Crippen LogP contribution >= 0.6 is 11.6 Å². The molecule has 5 rings (SSSR count). The van der Waals surface area contributed by atoms with Crippen LogP contribution in [0.4, 0.5) is 0 Å². The zero-order valence-electron chi connectivity index (χ0n) is 19.1. The molecule has 0 saturated heterocycles. The Morgan fingerprint density at radius 3 is 2.39 bits per heavy atom. The molecule has 0 radical (unpaired) electrons. The fourth-order valence-electron chi connectivity index (χ4n) is 4.59. The number of aryl methyl sites for hydroxylation is 1. The molecule has 1 heterocycles. The Labute approximate surface area is 209 Å². The average Bonchev–Trinajstić information content (AvgIpc) is 2.89. The van der Waals surface area contributed by atoms with Gasteiger partial charge in [-0.25, -0.2) is 4.79 Å². The Morgan fingerprint density at radius 2 is 1.67 bits per heavy atom. The van der Waals surface area contributed by atoms with Gasteiger partial charge in [-0.3, -0.25) is 9.59 Å². The highest BCUT2D eigenvalue weighted by atomic mass is 35.5. The maximum Gasteiger partial charge on any atom is 0.336 e. The molecule has 0 spiro atoms. The molecular formula is C28H20ClNO6. The number of aromatic hydroxyl groups is 1. The number of aromatic carboxylic acids is 1. The Morgan fingerprint density at radius 1 is 0.972 bits per heavy atom. The fourth-order valence-corrected chi connectivity index (χ4v) is 4.85.